The van der Waals surface area contributed by atoms with Crippen molar-refractivity contribution in [3.05, 3.63) is 58.0 Å². The molecule has 4 amide bonds. The Morgan fingerprint density at radius 2 is 2.00 bits per heavy atom. The van der Waals surface area contributed by atoms with E-state index in [0.717, 1.165) is 5.56 Å². The topological polar surface area (TPSA) is 182 Å². The molecule has 2 aromatic heterocycles. The van der Waals surface area contributed by atoms with Crippen LogP contribution < -0.4 is 20.9 Å². The summed E-state index contributed by atoms with van der Waals surface area (Å²) in [5.41, 5.74) is 1.38. The van der Waals surface area contributed by atoms with E-state index in [1.807, 2.05) is 12.1 Å². The number of hydrogen-bond acceptors (Lipinski definition) is 8. The predicted molar refractivity (Wildman–Crippen MR) is 119 cm³/mol. The van der Waals surface area contributed by atoms with E-state index in [2.05, 4.69) is 36.6 Å². The number of rotatable bonds is 8. The monoisotopic (exact) mass is 484 g/mol. The number of thiophene rings is 1. The minimum atomic E-state index is -1.37. The van der Waals surface area contributed by atoms with Crippen molar-refractivity contribution in [3.8, 4) is 0 Å². The summed E-state index contributed by atoms with van der Waals surface area (Å²) in [7, 11) is 0. The number of hydrogen-bond donors (Lipinski definition) is 5. The molecule has 0 saturated carbocycles. The molecule has 0 radical (unpaired) electrons. The number of amides is 4. The maximum absolute atomic E-state index is 13.1. The van der Waals surface area contributed by atoms with Gasteiger partial charge in [0, 0.05) is 17.0 Å². The third kappa shape index (κ3) is 5.01. The molecule has 0 spiro atoms. The van der Waals surface area contributed by atoms with E-state index in [-0.39, 0.29) is 6.54 Å². The second-order valence-electron chi connectivity index (χ2n) is 7.27. The number of tetrazole rings is 1. The van der Waals surface area contributed by atoms with Gasteiger partial charge in [-0.3, -0.25) is 19.3 Å². The maximum Gasteiger partial charge on any atom is 0.405 e. The predicted octanol–water partition coefficient (Wildman–Crippen LogP) is -0.0396. The van der Waals surface area contributed by atoms with Gasteiger partial charge in [0.15, 0.2) is 5.82 Å². The van der Waals surface area contributed by atoms with Crippen LogP contribution in [0.5, 0.6) is 0 Å². The lowest BCUT2D eigenvalue weighted by molar-refractivity contribution is -0.128. The van der Waals surface area contributed by atoms with E-state index in [0.29, 0.717) is 22.8 Å². The Morgan fingerprint density at radius 3 is 2.71 bits per heavy atom. The Balaban J connectivity index is 1.46. The third-order valence-corrected chi connectivity index (χ3v) is 6.07. The van der Waals surface area contributed by atoms with Gasteiger partial charge in [-0.15, -0.1) is 21.5 Å². The molecule has 0 saturated heterocycles. The van der Waals surface area contributed by atoms with E-state index in [9.17, 15) is 19.2 Å². The number of aromatic nitrogens is 4. The summed E-state index contributed by atoms with van der Waals surface area (Å²) in [4.78, 5) is 51.7. The van der Waals surface area contributed by atoms with E-state index >= 15 is 0 Å². The molecular weight excluding hydrogens is 464 g/mol. The number of nitrogens with zero attached hydrogens (tertiary/aromatic N) is 4. The van der Waals surface area contributed by atoms with E-state index in [1.54, 1.807) is 29.6 Å². The van der Waals surface area contributed by atoms with Gasteiger partial charge in [-0.25, -0.2) is 4.79 Å². The van der Waals surface area contributed by atoms with Crippen LogP contribution in [0.2, 0.25) is 0 Å². The first-order chi connectivity index (χ1) is 16.4. The molecule has 1 aliphatic rings. The standard InChI is InChI=1S/C20H20N8O5S/c29-16(10-22-19(31)17(23-20(32)33)14-6-3-7-34-14)28-12-5-2-1-4-11(12)8-13(28)18(30)21-9-15-24-26-27-25-15/h1-7,13,17,23H,8-10H2,(H,21,30)(H,22,31)(H,32,33)(H,24,25,26,27)/t13-,17+/m0/s1. The fraction of sp³-hybridized carbons (Fsp3) is 0.250. The van der Waals surface area contributed by atoms with Crippen LogP contribution in [-0.2, 0) is 27.3 Å². The first kappa shape index (κ1) is 22.8. The first-order valence-electron chi connectivity index (χ1n) is 10.1. The smallest absolute Gasteiger partial charge is 0.405 e. The van der Waals surface area contributed by atoms with Gasteiger partial charge in [-0.2, -0.15) is 5.21 Å². The summed E-state index contributed by atoms with van der Waals surface area (Å²) in [5.74, 6) is -1.31. The maximum atomic E-state index is 13.1. The second kappa shape index (κ2) is 10.1. The molecule has 3 aromatic rings. The highest BCUT2D eigenvalue weighted by molar-refractivity contribution is 7.10. The van der Waals surface area contributed by atoms with Crippen LogP contribution in [0, 0.1) is 0 Å². The van der Waals surface area contributed by atoms with Crippen molar-refractivity contribution in [2.45, 2.75) is 25.0 Å². The minimum Gasteiger partial charge on any atom is -0.465 e. The third-order valence-electron chi connectivity index (χ3n) is 5.13. The van der Waals surface area contributed by atoms with E-state index in [4.69, 9.17) is 5.11 Å². The van der Waals surface area contributed by atoms with Gasteiger partial charge in [-0.05, 0) is 23.1 Å². The highest BCUT2D eigenvalue weighted by Gasteiger charge is 2.38. The Kier molecular flexibility index (Phi) is 6.77. The number of aromatic amines is 1. The lowest BCUT2D eigenvalue weighted by atomic mass is 10.1. The Labute approximate surface area is 196 Å². The number of para-hydroxylation sites is 1. The fourth-order valence-corrected chi connectivity index (χ4v) is 4.41. The van der Waals surface area contributed by atoms with Crippen LogP contribution in [0.3, 0.4) is 0 Å². The fourth-order valence-electron chi connectivity index (χ4n) is 3.64. The van der Waals surface area contributed by atoms with E-state index in [1.165, 1.54) is 16.2 Å². The molecule has 0 unspecified atom stereocenters. The van der Waals surface area contributed by atoms with Crippen LogP contribution in [0.1, 0.15) is 22.3 Å². The van der Waals surface area contributed by atoms with Crippen molar-refractivity contribution in [1.82, 2.24) is 36.6 Å². The minimum absolute atomic E-state index is 0.0320. The van der Waals surface area contributed by atoms with Crippen molar-refractivity contribution >= 4 is 40.8 Å². The Bertz CT molecular complexity index is 1180. The van der Waals surface area contributed by atoms with Crippen molar-refractivity contribution < 1.29 is 24.3 Å². The van der Waals surface area contributed by atoms with Gasteiger partial charge in [0.2, 0.25) is 17.7 Å². The molecule has 1 aliphatic heterocycles. The molecule has 3 heterocycles. The SMILES string of the molecule is O=C(O)N[C@@H](C(=O)NCC(=O)N1c2ccccc2C[C@H]1C(=O)NCc1nn[nH]n1)c1cccs1. The van der Waals surface area contributed by atoms with Gasteiger partial charge in [-0.1, -0.05) is 29.5 Å². The lowest BCUT2D eigenvalue weighted by Gasteiger charge is -2.25. The quantitative estimate of drug-likeness (QED) is 0.295. The molecule has 14 heteroatoms. The molecule has 34 heavy (non-hydrogen) atoms. The van der Waals surface area contributed by atoms with Crippen molar-refractivity contribution in [1.29, 1.82) is 0 Å². The summed E-state index contributed by atoms with van der Waals surface area (Å²) in [5, 5.41) is 31.4. The molecule has 4 rings (SSSR count). The lowest BCUT2D eigenvalue weighted by Crippen LogP contribution is -2.51. The number of carboxylic acid groups (broad SMARTS) is 1. The number of anilines is 1. The highest BCUT2D eigenvalue weighted by atomic mass is 32.1. The second-order valence-corrected chi connectivity index (χ2v) is 8.25. The molecule has 13 nitrogen and oxygen atoms in total. The Morgan fingerprint density at radius 1 is 1.18 bits per heavy atom. The number of nitrogens with one attached hydrogen (secondary N) is 4. The normalized spacial score (nSPS) is 15.3. The van der Waals surface area contributed by atoms with Crippen molar-refractivity contribution in [2.75, 3.05) is 11.4 Å². The van der Waals surface area contributed by atoms with E-state index < -0.39 is 42.4 Å². The largest absolute Gasteiger partial charge is 0.465 e. The number of fused-ring (bicyclic) bond motifs is 1. The van der Waals surface area contributed by atoms with Crippen LogP contribution in [0.4, 0.5) is 10.5 Å². The summed E-state index contributed by atoms with van der Waals surface area (Å²) in [6.07, 6.45) is -1.07. The molecule has 1 aromatic carbocycles. The van der Waals surface area contributed by atoms with Crippen LogP contribution in [0.15, 0.2) is 41.8 Å². The van der Waals surface area contributed by atoms with Gasteiger partial charge >= 0.3 is 6.09 Å². The van der Waals surface area contributed by atoms with Crippen LogP contribution >= 0.6 is 11.3 Å². The molecule has 5 N–H and O–H groups in total. The zero-order valence-corrected chi connectivity index (χ0v) is 18.4. The zero-order valence-electron chi connectivity index (χ0n) is 17.6. The zero-order chi connectivity index (χ0) is 24.1. The van der Waals surface area contributed by atoms with Gasteiger partial charge in [0.25, 0.3) is 0 Å². The summed E-state index contributed by atoms with van der Waals surface area (Å²) < 4.78 is 0. The van der Waals surface area contributed by atoms with Crippen molar-refractivity contribution in [3.63, 3.8) is 0 Å². The van der Waals surface area contributed by atoms with Crippen LogP contribution in [-0.4, -0.2) is 62.1 Å². The molecule has 2 atom stereocenters. The summed E-state index contributed by atoms with van der Waals surface area (Å²) >= 11 is 1.21. The number of H-pyrrole nitrogens is 1. The first-order valence-corrected chi connectivity index (χ1v) is 11.0. The molecule has 0 bridgehead atoms. The average molecular weight is 484 g/mol. The number of benzene rings is 1. The summed E-state index contributed by atoms with van der Waals surface area (Å²) in [6, 6.07) is 8.42. The molecule has 0 fully saturated rings. The van der Waals surface area contributed by atoms with Gasteiger partial charge in [0.05, 0.1) is 13.1 Å². The Hall–Kier alpha value is -4.33. The van der Waals surface area contributed by atoms with Crippen LogP contribution in [0.25, 0.3) is 0 Å². The number of carbonyl (C=O) groups excluding carboxylic acids is 3. The number of carbonyl (C=O) groups is 4. The summed E-state index contributed by atoms with van der Waals surface area (Å²) in [6.45, 7) is -0.394. The van der Waals surface area contributed by atoms with Crippen molar-refractivity contribution in [2.24, 2.45) is 0 Å². The molecular formula is C20H20N8O5S. The molecule has 176 valence electrons. The van der Waals surface area contributed by atoms with Gasteiger partial charge < -0.3 is 21.1 Å². The highest BCUT2D eigenvalue weighted by Crippen LogP contribution is 2.32. The van der Waals surface area contributed by atoms with Gasteiger partial charge in [0.1, 0.15) is 12.1 Å². The average Bonchev–Trinajstić information content (AvgIpc) is 3.59. The molecule has 0 aliphatic carbocycles.